The van der Waals surface area contributed by atoms with Crippen LogP contribution in [0.25, 0.3) is 5.69 Å². The van der Waals surface area contributed by atoms with Crippen molar-refractivity contribution < 1.29 is 17.2 Å². The minimum Gasteiger partial charge on any atom is -0.266 e. The fourth-order valence-electron chi connectivity index (χ4n) is 2.41. The molecule has 0 radical (unpaired) electrons. The summed E-state index contributed by atoms with van der Waals surface area (Å²) in [5, 5.41) is 3.61. The van der Waals surface area contributed by atoms with Gasteiger partial charge in [0.1, 0.15) is 5.02 Å². The number of aromatic nitrogens is 2. The molecule has 3 rings (SSSR count). The van der Waals surface area contributed by atoms with Gasteiger partial charge in [-0.2, -0.15) is 14.1 Å². The van der Waals surface area contributed by atoms with Crippen LogP contribution in [0.5, 0.6) is 0 Å². The molecule has 1 aliphatic rings. The van der Waals surface area contributed by atoms with Gasteiger partial charge in [0.2, 0.25) is 10.0 Å². The Labute approximate surface area is 151 Å². The molecule has 25 heavy (non-hydrogen) atoms. The van der Waals surface area contributed by atoms with E-state index in [1.54, 1.807) is 0 Å². The van der Waals surface area contributed by atoms with Gasteiger partial charge in [0.25, 0.3) is 11.5 Å². The first-order valence-corrected chi connectivity index (χ1v) is 9.23. The largest absolute Gasteiger partial charge is 0.291 e. The SMILES string of the molecule is O=c1c(Cl)c(Cl)cnn1-c1ccc(S(=O)(=O)N2CCC(F)(F)C2)cc1. The third-order valence-electron chi connectivity index (χ3n) is 3.73. The zero-order chi connectivity index (χ0) is 18.4. The van der Waals surface area contributed by atoms with Crippen LogP contribution >= 0.6 is 23.2 Å². The second-order valence-electron chi connectivity index (χ2n) is 5.46. The standard InChI is InChI=1S/C14H11Cl2F2N3O3S/c15-11-7-19-21(13(22)12(11)16)9-1-3-10(4-2-9)25(23,24)20-6-5-14(17,18)8-20/h1-4,7H,5-6,8H2. The van der Waals surface area contributed by atoms with Crippen LogP contribution in [0.4, 0.5) is 8.78 Å². The number of sulfonamides is 1. The van der Waals surface area contributed by atoms with E-state index < -0.39 is 34.5 Å². The first-order valence-electron chi connectivity index (χ1n) is 7.04. The Morgan fingerprint density at radius 2 is 1.80 bits per heavy atom. The molecule has 11 heteroatoms. The molecule has 1 saturated heterocycles. The fraction of sp³-hybridized carbons (Fsp3) is 0.286. The van der Waals surface area contributed by atoms with Crippen molar-refractivity contribution in [1.29, 1.82) is 0 Å². The van der Waals surface area contributed by atoms with Crippen molar-refractivity contribution >= 4 is 33.2 Å². The summed E-state index contributed by atoms with van der Waals surface area (Å²) in [5.74, 6) is -3.02. The third-order valence-corrected chi connectivity index (χ3v) is 6.34. The lowest BCUT2D eigenvalue weighted by Gasteiger charge is -2.16. The molecular weight excluding hydrogens is 399 g/mol. The van der Waals surface area contributed by atoms with E-state index in [4.69, 9.17) is 23.2 Å². The summed E-state index contributed by atoms with van der Waals surface area (Å²) in [6.07, 6.45) is 0.676. The Balaban J connectivity index is 1.93. The Morgan fingerprint density at radius 3 is 2.36 bits per heavy atom. The average molecular weight is 410 g/mol. The molecule has 134 valence electrons. The zero-order valence-electron chi connectivity index (χ0n) is 12.5. The highest BCUT2D eigenvalue weighted by molar-refractivity contribution is 7.89. The van der Waals surface area contributed by atoms with Crippen molar-refractivity contribution in [3.8, 4) is 5.69 Å². The molecule has 0 aliphatic carbocycles. The van der Waals surface area contributed by atoms with Gasteiger partial charge in [-0.25, -0.2) is 17.2 Å². The highest BCUT2D eigenvalue weighted by Gasteiger charge is 2.43. The van der Waals surface area contributed by atoms with Gasteiger partial charge < -0.3 is 0 Å². The van der Waals surface area contributed by atoms with E-state index in [2.05, 4.69) is 5.10 Å². The van der Waals surface area contributed by atoms with E-state index >= 15 is 0 Å². The molecule has 0 atom stereocenters. The molecule has 6 nitrogen and oxygen atoms in total. The Kier molecular flexibility index (Phi) is 4.61. The van der Waals surface area contributed by atoms with Crippen LogP contribution in [-0.2, 0) is 10.0 Å². The Bertz CT molecular complexity index is 978. The molecule has 0 amide bonds. The summed E-state index contributed by atoms with van der Waals surface area (Å²) in [4.78, 5) is 11.9. The van der Waals surface area contributed by atoms with Crippen molar-refractivity contribution in [1.82, 2.24) is 14.1 Å². The quantitative estimate of drug-likeness (QED) is 0.780. The minimum atomic E-state index is -4.04. The summed E-state index contributed by atoms with van der Waals surface area (Å²) in [6.45, 7) is -1.09. The summed E-state index contributed by atoms with van der Waals surface area (Å²) in [7, 11) is -4.04. The van der Waals surface area contributed by atoms with E-state index in [1.807, 2.05) is 0 Å². The minimum absolute atomic E-state index is 0.00271. The number of nitrogens with zero attached hydrogens (tertiary/aromatic N) is 3. The molecule has 1 fully saturated rings. The van der Waals surface area contributed by atoms with E-state index in [0.29, 0.717) is 0 Å². The lowest BCUT2D eigenvalue weighted by molar-refractivity contribution is 0.0183. The van der Waals surface area contributed by atoms with Crippen molar-refractivity contribution in [2.75, 3.05) is 13.1 Å². The van der Waals surface area contributed by atoms with Crippen molar-refractivity contribution in [3.05, 3.63) is 50.9 Å². The number of hydrogen-bond acceptors (Lipinski definition) is 4. The molecular formula is C14H11Cl2F2N3O3S. The maximum Gasteiger partial charge on any atom is 0.291 e. The van der Waals surface area contributed by atoms with Crippen LogP contribution in [0.1, 0.15) is 6.42 Å². The van der Waals surface area contributed by atoms with E-state index in [9.17, 15) is 22.0 Å². The van der Waals surface area contributed by atoms with Crippen LogP contribution in [0.15, 0.2) is 40.2 Å². The summed E-state index contributed by atoms with van der Waals surface area (Å²) < 4.78 is 53.0. The predicted molar refractivity (Wildman–Crippen MR) is 88.2 cm³/mol. The normalized spacial score (nSPS) is 17.8. The lowest BCUT2D eigenvalue weighted by atomic mass is 10.3. The predicted octanol–water partition coefficient (Wildman–Crippen LogP) is 2.57. The van der Waals surface area contributed by atoms with Gasteiger partial charge in [-0.05, 0) is 24.3 Å². The molecule has 1 aliphatic heterocycles. The van der Waals surface area contributed by atoms with Crippen LogP contribution in [-0.4, -0.2) is 41.5 Å². The van der Waals surface area contributed by atoms with Gasteiger partial charge in [0.15, 0.2) is 0 Å². The number of rotatable bonds is 3. The maximum absolute atomic E-state index is 13.3. The summed E-state index contributed by atoms with van der Waals surface area (Å²) >= 11 is 11.5. The molecule has 0 spiro atoms. The topological polar surface area (TPSA) is 72.3 Å². The number of benzene rings is 1. The van der Waals surface area contributed by atoms with Crippen molar-refractivity contribution in [2.45, 2.75) is 17.2 Å². The molecule has 1 aromatic heterocycles. The Hall–Kier alpha value is -1.55. The highest BCUT2D eigenvalue weighted by Crippen LogP contribution is 2.31. The van der Waals surface area contributed by atoms with Gasteiger partial charge in [0, 0.05) is 13.0 Å². The first kappa shape index (κ1) is 18.2. The lowest BCUT2D eigenvalue weighted by Crippen LogP contribution is -2.31. The monoisotopic (exact) mass is 409 g/mol. The van der Waals surface area contributed by atoms with E-state index in [0.717, 1.165) is 8.99 Å². The van der Waals surface area contributed by atoms with Gasteiger partial charge in [0.05, 0.1) is 28.3 Å². The number of halogens is 4. The van der Waals surface area contributed by atoms with Gasteiger partial charge in [-0.3, -0.25) is 4.79 Å². The number of alkyl halides is 2. The molecule has 2 heterocycles. The fourth-order valence-corrected chi connectivity index (χ4v) is 4.14. The third kappa shape index (κ3) is 3.41. The van der Waals surface area contributed by atoms with Crippen molar-refractivity contribution in [3.63, 3.8) is 0 Å². The smallest absolute Gasteiger partial charge is 0.266 e. The average Bonchev–Trinajstić information content (AvgIpc) is 2.94. The van der Waals surface area contributed by atoms with Crippen LogP contribution in [0, 0.1) is 0 Å². The van der Waals surface area contributed by atoms with Gasteiger partial charge in [-0.15, -0.1) is 0 Å². The zero-order valence-corrected chi connectivity index (χ0v) is 14.8. The van der Waals surface area contributed by atoms with Gasteiger partial charge >= 0.3 is 0 Å². The molecule has 0 N–H and O–H groups in total. The summed E-state index contributed by atoms with van der Waals surface area (Å²) in [6, 6.07) is 5.11. The molecule has 0 saturated carbocycles. The van der Waals surface area contributed by atoms with Crippen LogP contribution in [0.2, 0.25) is 10.0 Å². The van der Waals surface area contributed by atoms with Crippen LogP contribution in [0.3, 0.4) is 0 Å². The van der Waals surface area contributed by atoms with E-state index in [-0.39, 0.29) is 27.2 Å². The molecule has 0 bridgehead atoms. The molecule has 1 aromatic carbocycles. The van der Waals surface area contributed by atoms with Crippen LogP contribution < -0.4 is 5.56 Å². The molecule has 2 aromatic rings. The first-order chi connectivity index (χ1) is 11.6. The second kappa shape index (κ2) is 6.31. The second-order valence-corrected chi connectivity index (χ2v) is 8.18. The maximum atomic E-state index is 13.3. The Morgan fingerprint density at radius 1 is 1.16 bits per heavy atom. The van der Waals surface area contributed by atoms with Crippen molar-refractivity contribution in [2.24, 2.45) is 0 Å². The molecule has 0 unspecified atom stereocenters. The van der Waals surface area contributed by atoms with Gasteiger partial charge in [-0.1, -0.05) is 23.2 Å². The highest BCUT2D eigenvalue weighted by atomic mass is 35.5. The summed E-state index contributed by atoms with van der Waals surface area (Å²) in [5.41, 5.74) is -0.404. The number of hydrogen-bond donors (Lipinski definition) is 0. The van der Waals surface area contributed by atoms with E-state index in [1.165, 1.54) is 30.5 Å².